The molecule has 1 atom stereocenters. The van der Waals surface area contributed by atoms with E-state index >= 15 is 0 Å². The Morgan fingerprint density at radius 2 is 1.95 bits per heavy atom. The van der Waals surface area contributed by atoms with Crippen LogP contribution in [-0.4, -0.2) is 42.1 Å². The van der Waals surface area contributed by atoms with Gasteiger partial charge >= 0.3 is 0 Å². The minimum atomic E-state index is -0.789. The number of carbonyl (C=O) groups excluding carboxylic acids is 1. The van der Waals surface area contributed by atoms with Gasteiger partial charge in [-0.3, -0.25) is 4.79 Å². The topological polar surface area (TPSA) is 52.6 Å². The van der Waals surface area contributed by atoms with Crippen molar-refractivity contribution in [1.82, 2.24) is 10.2 Å². The molecular formula is C17H25FN2O2. The van der Waals surface area contributed by atoms with Gasteiger partial charge in [-0.05, 0) is 42.6 Å². The lowest BCUT2D eigenvalue weighted by Gasteiger charge is -2.32. The van der Waals surface area contributed by atoms with Gasteiger partial charge in [0.2, 0.25) is 5.91 Å². The average molecular weight is 308 g/mol. The van der Waals surface area contributed by atoms with Gasteiger partial charge in [0, 0.05) is 13.0 Å². The van der Waals surface area contributed by atoms with Crippen molar-refractivity contribution in [3.8, 4) is 0 Å². The molecule has 1 aromatic carbocycles. The van der Waals surface area contributed by atoms with Crippen LogP contribution in [-0.2, 0) is 4.79 Å². The molecule has 4 nitrogen and oxygen atoms in total. The molecule has 1 aliphatic heterocycles. The minimum absolute atomic E-state index is 0.0846. The van der Waals surface area contributed by atoms with Crippen LogP contribution in [0.1, 0.15) is 31.9 Å². The first-order chi connectivity index (χ1) is 10.5. The molecule has 0 radical (unpaired) electrons. The van der Waals surface area contributed by atoms with Crippen molar-refractivity contribution in [1.29, 1.82) is 0 Å². The van der Waals surface area contributed by atoms with Gasteiger partial charge in [-0.2, -0.15) is 0 Å². The second-order valence-corrected chi connectivity index (χ2v) is 6.49. The number of hydrogen-bond acceptors (Lipinski definition) is 3. The van der Waals surface area contributed by atoms with Gasteiger partial charge in [0.15, 0.2) is 0 Å². The molecule has 1 unspecified atom stereocenters. The molecule has 22 heavy (non-hydrogen) atoms. The zero-order valence-corrected chi connectivity index (χ0v) is 13.3. The molecular weight excluding hydrogens is 283 g/mol. The number of rotatable bonds is 7. The van der Waals surface area contributed by atoms with Crippen LogP contribution in [0, 0.1) is 17.7 Å². The zero-order chi connectivity index (χ0) is 16.1. The van der Waals surface area contributed by atoms with Gasteiger partial charge in [0.25, 0.3) is 0 Å². The molecule has 1 fully saturated rings. The maximum atomic E-state index is 12.9. The molecule has 0 spiro atoms. The summed E-state index contributed by atoms with van der Waals surface area (Å²) >= 11 is 0. The summed E-state index contributed by atoms with van der Waals surface area (Å²) in [5, 5.41) is 13.5. The first-order valence-corrected chi connectivity index (χ1v) is 7.87. The number of halogens is 1. The summed E-state index contributed by atoms with van der Waals surface area (Å²) < 4.78 is 12.9. The Balaban J connectivity index is 1.98. The Bertz CT molecular complexity index is 486. The van der Waals surface area contributed by atoms with Crippen LogP contribution < -0.4 is 5.32 Å². The molecule has 1 heterocycles. The van der Waals surface area contributed by atoms with Crippen LogP contribution in [0.4, 0.5) is 4.39 Å². The lowest BCUT2D eigenvalue weighted by atomic mass is 9.98. The summed E-state index contributed by atoms with van der Waals surface area (Å²) in [5.41, 5.74) is 0.633. The molecule has 122 valence electrons. The Morgan fingerprint density at radius 3 is 2.45 bits per heavy atom. The van der Waals surface area contributed by atoms with E-state index in [1.54, 1.807) is 17.0 Å². The van der Waals surface area contributed by atoms with Crippen LogP contribution in [0.3, 0.4) is 0 Å². The summed E-state index contributed by atoms with van der Waals surface area (Å²) in [7, 11) is 0. The van der Waals surface area contributed by atoms with E-state index in [1.807, 2.05) is 0 Å². The van der Waals surface area contributed by atoms with E-state index in [9.17, 15) is 14.3 Å². The van der Waals surface area contributed by atoms with Crippen molar-refractivity contribution in [2.75, 3.05) is 26.2 Å². The van der Waals surface area contributed by atoms with Crippen molar-refractivity contribution in [2.45, 2.75) is 26.4 Å². The molecule has 0 aliphatic carbocycles. The number of nitrogens with zero attached hydrogens (tertiary/aromatic N) is 1. The average Bonchev–Trinajstić information content (AvgIpc) is 2.42. The summed E-state index contributed by atoms with van der Waals surface area (Å²) in [6, 6.07) is 5.78. The largest absolute Gasteiger partial charge is 0.387 e. The second kappa shape index (κ2) is 7.70. The van der Waals surface area contributed by atoms with Gasteiger partial charge < -0.3 is 15.3 Å². The third kappa shape index (κ3) is 4.78. The van der Waals surface area contributed by atoms with Gasteiger partial charge in [-0.1, -0.05) is 26.0 Å². The summed E-state index contributed by atoms with van der Waals surface area (Å²) in [6.07, 6.45) is -0.265. The quantitative estimate of drug-likeness (QED) is 0.809. The predicted octanol–water partition coefficient (Wildman–Crippen LogP) is 1.95. The summed E-state index contributed by atoms with van der Waals surface area (Å²) in [6.45, 7) is 6.76. The van der Waals surface area contributed by atoms with Crippen LogP contribution >= 0.6 is 0 Å². The summed E-state index contributed by atoms with van der Waals surface area (Å²) in [5.74, 6) is 0.499. The number of amides is 1. The van der Waals surface area contributed by atoms with E-state index in [1.165, 1.54) is 12.1 Å². The fourth-order valence-electron chi connectivity index (χ4n) is 2.59. The van der Waals surface area contributed by atoms with Crippen LogP contribution in [0.5, 0.6) is 0 Å². The van der Waals surface area contributed by atoms with E-state index in [-0.39, 0.29) is 18.3 Å². The van der Waals surface area contributed by atoms with E-state index in [0.29, 0.717) is 30.4 Å². The fourth-order valence-corrected chi connectivity index (χ4v) is 2.59. The van der Waals surface area contributed by atoms with Crippen molar-refractivity contribution in [2.24, 2.45) is 11.8 Å². The molecule has 2 rings (SSSR count). The lowest BCUT2D eigenvalue weighted by Crippen LogP contribution is -2.46. The maximum absolute atomic E-state index is 12.9. The molecule has 0 aromatic heterocycles. The number of benzene rings is 1. The minimum Gasteiger partial charge on any atom is -0.387 e. The van der Waals surface area contributed by atoms with Gasteiger partial charge in [0.1, 0.15) is 5.82 Å². The number of aliphatic hydroxyl groups excluding tert-OH is 1. The first kappa shape index (κ1) is 16.9. The molecule has 1 saturated heterocycles. The number of nitrogens with one attached hydrogen (secondary N) is 1. The normalized spacial score (nSPS) is 16.4. The maximum Gasteiger partial charge on any atom is 0.223 e. The molecule has 0 saturated carbocycles. The molecule has 0 bridgehead atoms. The SMILES string of the molecule is CC(C)CN(CC(O)c1ccc(F)cc1)C(=O)CC1CNC1. The highest BCUT2D eigenvalue weighted by Crippen LogP contribution is 2.18. The Kier molecular flexibility index (Phi) is 5.91. The third-order valence-corrected chi connectivity index (χ3v) is 3.92. The van der Waals surface area contributed by atoms with Gasteiger partial charge in [-0.15, -0.1) is 0 Å². The van der Waals surface area contributed by atoms with E-state index in [0.717, 1.165) is 13.1 Å². The van der Waals surface area contributed by atoms with E-state index in [2.05, 4.69) is 19.2 Å². The van der Waals surface area contributed by atoms with Crippen LogP contribution in [0.25, 0.3) is 0 Å². The lowest BCUT2D eigenvalue weighted by molar-refractivity contribution is -0.134. The third-order valence-electron chi connectivity index (χ3n) is 3.92. The molecule has 5 heteroatoms. The standard InChI is InChI=1S/C17H25FN2O2/c1-12(2)10-20(17(22)7-13-8-19-9-13)11-16(21)14-3-5-15(18)6-4-14/h3-6,12-13,16,19,21H,7-11H2,1-2H3. The Labute approximate surface area is 131 Å². The number of hydrogen-bond donors (Lipinski definition) is 2. The highest BCUT2D eigenvalue weighted by Gasteiger charge is 2.25. The van der Waals surface area contributed by atoms with Crippen molar-refractivity contribution in [3.63, 3.8) is 0 Å². The summed E-state index contributed by atoms with van der Waals surface area (Å²) in [4.78, 5) is 14.2. The monoisotopic (exact) mass is 308 g/mol. The fraction of sp³-hybridized carbons (Fsp3) is 0.588. The zero-order valence-electron chi connectivity index (χ0n) is 13.3. The van der Waals surface area contributed by atoms with Crippen LogP contribution in [0.2, 0.25) is 0 Å². The number of aliphatic hydroxyl groups is 1. The van der Waals surface area contributed by atoms with Gasteiger partial charge in [0.05, 0.1) is 12.6 Å². The van der Waals surface area contributed by atoms with E-state index in [4.69, 9.17) is 0 Å². The van der Waals surface area contributed by atoms with Crippen molar-refractivity contribution < 1.29 is 14.3 Å². The van der Waals surface area contributed by atoms with Crippen molar-refractivity contribution in [3.05, 3.63) is 35.6 Å². The van der Waals surface area contributed by atoms with Crippen LogP contribution in [0.15, 0.2) is 24.3 Å². The Hall–Kier alpha value is -1.46. The molecule has 1 aliphatic rings. The first-order valence-electron chi connectivity index (χ1n) is 7.87. The molecule has 1 amide bonds. The smallest absolute Gasteiger partial charge is 0.223 e. The number of carbonyl (C=O) groups is 1. The second-order valence-electron chi connectivity index (χ2n) is 6.49. The predicted molar refractivity (Wildman–Crippen MR) is 83.8 cm³/mol. The van der Waals surface area contributed by atoms with E-state index < -0.39 is 6.10 Å². The van der Waals surface area contributed by atoms with Crippen molar-refractivity contribution >= 4 is 5.91 Å². The van der Waals surface area contributed by atoms with Gasteiger partial charge in [-0.25, -0.2) is 4.39 Å². The molecule has 2 N–H and O–H groups in total. The molecule has 1 aromatic rings. The highest BCUT2D eigenvalue weighted by molar-refractivity contribution is 5.76. The Morgan fingerprint density at radius 1 is 1.32 bits per heavy atom. The highest BCUT2D eigenvalue weighted by atomic mass is 19.1.